The van der Waals surface area contributed by atoms with Gasteiger partial charge in [-0.2, -0.15) is 0 Å². The van der Waals surface area contributed by atoms with Crippen molar-refractivity contribution in [2.45, 2.75) is 6.61 Å². The van der Waals surface area contributed by atoms with E-state index in [1.165, 1.54) is 0 Å². The van der Waals surface area contributed by atoms with E-state index in [0.29, 0.717) is 17.3 Å². The van der Waals surface area contributed by atoms with E-state index in [4.69, 9.17) is 22.1 Å². The van der Waals surface area contributed by atoms with Crippen LogP contribution in [0.3, 0.4) is 0 Å². The summed E-state index contributed by atoms with van der Waals surface area (Å²) < 4.78 is 6.81. The van der Waals surface area contributed by atoms with Crippen LogP contribution in [0, 0.1) is 3.57 Å². The van der Waals surface area contributed by atoms with Crippen molar-refractivity contribution in [3.05, 3.63) is 56.6 Å². The number of hydrogen-bond acceptors (Lipinski definition) is 2. The minimum Gasteiger partial charge on any atom is -0.489 e. The molecule has 2 N–H and O–H groups in total. The maximum absolute atomic E-state index is 5.85. The summed E-state index contributed by atoms with van der Waals surface area (Å²) in [7, 11) is 0. The van der Waals surface area contributed by atoms with Gasteiger partial charge in [-0.1, -0.05) is 23.7 Å². The first-order chi connectivity index (χ1) is 8.15. The van der Waals surface area contributed by atoms with Crippen molar-refractivity contribution in [2.75, 3.05) is 5.73 Å². The van der Waals surface area contributed by atoms with Crippen LogP contribution in [0.1, 0.15) is 5.56 Å². The molecule has 4 heteroatoms. The normalized spacial score (nSPS) is 10.2. The van der Waals surface area contributed by atoms with Crippen molar-refractivity contribution < 1.29 is 4.74 Å². The van der Waals surface area contributed by atoms with Crippen molar-refractivity contribution in [2.24, 2.45) is 0 Å². The fourth-order valence-corrected chi connectivity index (χ4v) is 2.11. The predicted octanol–water partition coefficient (Wildman–Crippen LogP) is 4.11. The maximum atomic E-state index is 5.85. The van der Waals surface area contributed by atoms with Gasteiger partial charge >= 0.3 is 0 Å². The van der Waals surface area contributed by atoms with Gasteiger partial charge in [-0.25, -0.2) is 0 Å². The summed E-state index contributed by atoms with van der Waals surface area (Å²) in [6.07, 6.45) is 0. The molecule has 2 nitrogen and oxygen atoms in total. The summed E-state index contributed by atoms with van der Waals surface area (Å²) in [5.74, 6) is 0.839. The zero-order valence-corrected chi connectivity index (χ0v) is 11.9. The largest absolute Gasteiger partial charge is 0.489 e. The molecule has 0 heterocycles. The van der Waals surface area contributed by atoms with Crippen molar-refractivity contribution in [3.63, 3.8) is 0 Å². The van der Waals surface area contributed by atoms with Crippen LogP contribution in [-0.4, -0.2) is 0 Å². The minimum atomic E-state index is 0.448. The van der Waals surface area contributed by atoms with E-state index < -0.39 is 0 Å². The zero-order chi connectivity index (χ0) is 12.3. The minimum absolute atomic E-state index is 0.448. The standard InChI is InChI=1S/C13H11ClINO/c14-10-5-4-9(13(16)6-10)8-17-12-3-1-2-11(15)7-12/h1-7H,8,16H2. The second-order valence-corrected chi connectivity index (χ2v) is 5.27. The predicted molar refractivity (Wildman–Crippen MR) is 79.4 cm³/mol. The Bertz CT molecular complexity index is 531. The van der Waals surface area contributed by atoms with E-state index in [1.807, 2.05) is 36.4 Å². The lowest BCUT2D eigenvalue weighted by Crippen LogP contribution is -2.00. The molecular weight excluding hydrogens is 349 g/mol. The van der Waals surface area contributed by atoms with Crippen LogP contribution in [0.2, 0.25) is 5.02 Å². The third kappa shape index (κ3) is 3.51. The lowest BCUT2D eigenvalue weighted by atomic mass is 10.2. The average molecular weight is 360 g/mol. The molecular formula is C13H11ClINO. The molecule has 2 rings (SSSR count). The van der Waals surface area contributed by atoms with Crippen LogP contribution in [0.4, 0.5) is 5.69 Å². The summed E-state index contributed by atoms with van der Waals surface area (Å²) in [6, 6.07) is 13.3. The molecule has 0 radical (unpaired) electrons. The lowest BCUT2D eigenvalue weighted by molar-refractivity contribution is 0.306. The van der Waals surface area contributed by atoms with Crippen LogP contribution >= 0.6 is 34.2 Å². The molecule has 0 saturated heterocycles. The van der Waals surface area contributed by atoms with Gasteiger partial charge in [0.25, 0.3) is 0 Å². The van der Waals surface area contributed by atoms with Crippen molar-refractivity contribution in [1.29, 1.82) is 0 Å². The molecule has 2 aromatic rings. The molecule has 0 aliphatic carbocycles. The molecule has 0 amide bonds. The summed E-state index contributed by atoms with van der Waals surface area (Å²) in [5.41, 5.74) is 7.44. The summed E-state index contributed by atoms with van der Waals surface area (Å²) >= 11 is 8.08. The van der Waals surface area contributed by atoms with E-state index in [9.17, 15) is 0 Å². The fraction of sp³-hybridized carbons (Fsp3) is 0.0769. The van der Waals surface area contributed by atoms with Crippen LogP contribution in [0.5, 0.6) is 5.75 Å². The molecule has 0 spiro atoms. The Morgan fingerprint density at radius 3 is 2.71 bits per heavy atom. The molecule has 0 fully saturated rings. The SMILES string of the molecule is Nc1cc(Cl)ccc1COc1cccc(I)c1. The number of halogens is 2. The summed E-state index contributed by atoms with van der Waals surface area (Å²) in [4.78, 5) is 0. The maximum Gasteiger partial charge on any atom is 0.120 e. The Labute approximate surface area is 119 Å². The van der Waals surface area contributed by atoms with Gasteiger partial charge in [0.15, 0.2) is 0 Å². The zero-order valence-electron chi connectivity index (χ0n) is 8.99. The molecule has 0 aliphatic rings. The Hall–Kier alpha value is -0.940. The summed E-state index contributed by atoms with van der Waals surface area (Å²) in [6.45, 7) is 0.448. The number of anilines is 1. The van der Waals surface area contributed by atoms with Crippen molar-refractivity contribution in [1.82, 2.24) is 0 Å². The number of ether oxygens (including phenoxy) is 1. The first-order valence-corrected chi connectivity index (χ1v) is 6.53. The highest BCUT2D eigenvalue weighted by atomic mass is 127. The van der Waals surface area contributed by atoms with Gasteiger partial charge in [0.1, 0.15) is 12.4 Å². The van der Waals surface area contributed by atoms with Crippen molar-refractivity contribution >= 4 is 39.9 Å². The highest BCUT2D eigenvalue weighted by molar-refractivity contribution is 14.1. The highest BCUT2D eigenvalue weighted by Gasteiger charge is 2.01. The van der Waals surface area contributed by atoms with Gasteiger partial charge in [0.05, 0.1) is 0 Å². The number of hydrogen-bond donors (Lipinski definition) is 1. The number of benzene rings is 2. The second-order valence-electron chi connectivity index (χ2n) is 3.59. The molecule has 0 aliphatic heterocycles. The van der Waals surface area contributed by atoms with Gasteiger partial charge < -0.3 is 10.5 Å². The Morgan fingerprint density at radius 1 is 1.18 bits per heavy atom. The van der Waals surface area contributed by atoms with E-state index in [-0.39, 0.29) is 0 Å². The molecule has 17 heavy (non-hydrogen) atoms. The van der Waals surface area contributed by atoms with Gasteiger partial charge in [-0.15, -0.1) is 0 Å². The average Bonchev–Trinajstić information content (AvgIpc) is 2.28. The van der Waals surface area contributed by atoms with E-state index in [1.54, 1.807) is 6.07 Å². The molecule has 88 valence electrons. The van der Waals surface area contributed by atoms with Gasteiger partial charge in [-0.05, 0) is 52.9 Å². The third-order valence-electron chi connectivity index (χ3n) is 2.30. The monoisotopic (exact) mass is 359 g/mol. The van der Waals surface area contributed by atoms with Crippen LogP contribution in [-0.2, 0) is 6.61 Å². The topological polar surface area (TPSA) is 35.2 Å². The Balaban J connectivity index is 2.07. The third-order valence-corrected chi connectivity index (χ3v) is 3.20. The Kier molecular flexibility index (Phi) is 4.12. The molecule has 0 bridgehead atoms. The first kappa shape index (κ1) is 12.5. The van der Waals surface area contributed by atoms with E-state index >= 15 is 0 Å². The van der Waals surface area contributed by atoms with Crippen LogP contribution in [0.25, 0.3) is 0 Å². The number of nitrogens with two attached hydrogens (primary N) is 1. The Morgan fingerprint density at radius 2 is 2.00 bits per heavy atom. The molecule has 2 aromatic carbocycles. The van der Waals surface area contributed by atoms with Crippen LogP contribution < -0.4 is 10.5 Å². The fourth-order valence-electron chi connectivity index (χ4n) is 1.42. The first-order valence-electron chi connectivity index (χ1n) is 5.07. The molecule has 0 saturated carbocycles. The molecule has 0 atom stereocenters. The molecule has 0 aromatic heterocycles. The number of rotatable bonds is 3. The highest BCUT2D eigenvalue weighted by Crippen LogP contribution is 2.21. The van der Waals surface area contributed by atoms with E-state index in [0.717, 1.165) is 14.9 Å². The number of nitrogen functional groups attached to an aromatic ring is 1. The molecule has 0 unspecified atom stereocenters. The van der Waals surface area contributed by atoms with Gasteiger partial charge in [0, 0.05) is 19.8 Å². The van der Waals surface area contributed by atoms with Crippen molar-refractivity contribution in [3.8, 4) is 5.75 Å². The quantitative estimate of drug-likeness (QED) is 0.661. The second kappa shape index (κ2) is 5.60. The summed E-state index contributed by atoms with van der Waals surface area (Å²) in [5, 5.41) is 0.639. The van der Waals surface area contributed by atoms with Gasteiger partial charge in [-0.3, -0.25) is 0 Å². The lowest BCUT2D eigenvalue weighted by Gasteiger charge is -2.09. The van der Waals surface area contributed by atoms with Crippen LogP contribution in [0.15, 0.2) is 42.5 Å². The van der Waals surface area contributed by atoms with Gasteiger partial charge in [0.2, 0.25) is 0 Å². The van der Waals surface area contributed by atoms with E-state index in [2.05, 4.69) is 22.6 Å². The smallest absolute Gasteiger partial charge is 0.120 e.